The lowest BCUT2D eigenvalue weighted by Crippen LogP contribution is -2.41. The number of aryl methyl sites for hydroxylation is 2. The quantitative estimate of drug-likeness (QED) is 0.776. The molecule has 2 aromatic rings. The minimum Gasteiger partial charge on any atom is -0.496 e. The summed E-state index contributed by atoms with van der Waals surface area (Å²) < 4.78 is 19.2. The van der Waals surface area contributed by atoms with E-state index in [1.807, 2.05) is 6.92 Å². The van der Waals surface area contributed by atoms with E-state index in [9.17, 15) is 14.3 Å². The molecule has 0 spiro atoms. The topological polar surface area (TPSA) is 71.5 Å². The minimum absolute atomic E-state index is 0.0646. The number of aliphatic hydroxyl groups excluding tert-OH is 1. The standard InChI is InChI=1S/C19H23FN2O3S/c1-11-17(26-10-21-11)5-6-18(24)22-19(12-7-14(23)8-12)15-9-13(20)3-4-16(15)25-2/h3-4,9-10,12,14,19,23H,5-8H2,1-2H3,(H,22,24)/t12?,14?,19-/m1/s1. The maximum atomic E-state index is 13.8. The van der Waals surface area contributed by atoms with Crippen molar-refractivity contribution in [3.8, 4) is 5.75 Å². The van der Waals surface area contributed by atoms with E-state index in [2.05, 4.69) is 10.3 Å². The van der Waals surface area contributed by atoms with Crippen molar-refractivity contribution in [2.24, 2.45) is 5.92 Å². The maximum Gasteiger partial charge on any atom is 0.220 e. The zero-order valence-corrected chi connectivity index (χ0v) is 15.7. The summed E-state index contributed by atoms with van der Waals surface area (Å²) in [6.07, 6.45) is 1.77. The average molecular weight is 378 g/mol. The van der Waals surface area contributed by atoms with Gasteiger partial charge in [0.2, 0.25) is 5.91 Å². The Kier molecular flexibility index (Phi) is 5.88. The molecular formula is C19H23FN2O3S. The van der Waals surface area contributed by atoms with Crippen LogP contribution in [0.5, 0.6) is 5.75 Å². The van der Waals surface area contributed by atoms with Gasteiger partial charge < -0.3 is 15.2 Å². The number of rotatable bonds is 7. The molecule has 1 aromatic heterocycles. The summed E-state index contributed by atoms with van der Waals surface area (Å²) in [6, 6.07) is 3.93. The van der Waals surface area contributed by atoms with E-state index in [1.165, 1.54) is 19.2 Å². The molecule has 7 heteroatoms. The van der Waals surface area contributed by atoms with Gasteiger partial charge in [-0.15, -0.1) is 11.3 Å². The Morgan fingerprint density at radius 3 is 2.88 bits per heavy atom. The first-order chi connectivity index (χ1) is 12.5. The van der Waals surface area contributed by atoms with Crippen LogP contribution in [-0.2, 0) is 11.2 Å². The molecule has 5 nitrogen and oxygen atoms in total. The summed E-state index contributed by atoms with van der Waals surface area (Å²) in [6.45, 7) is 1.93. The number of amides is 1. The summed E-state index contributed by atoms with van der Waals surface area (Å²) in [5.74, 6) is 0.127. The third-order valence-electron chi connectivity index (χ3n) is 4.89. The van der Waals surface area contributed by atoms with Gasteiger partial charge in [-0.2, -0.15) is 0 Å². The highest BCUT2D eigenvalue weighted by Gasteiger charge is 2.37. The van der Waals surface area contributed by atoms with Crippen LogP contribution in [0, 0.1) is 18.7 Å². The van der Waals surface area contributed by atoms with Gasteiger partial charge in [0.25, 0.3) is 0 Å². The second-order valence-corrected chi connectivity index (χ2v) is 7.62. The summed E-state index contributed by atoms with van der Waals surface area (Å²) in [7, 11) is 1.53. The number of hydrogen-bond donors (Lipinski definition) is 2. The number of aliphatic hydroxyl groups is 1. The fourth-order valence-corrected chi connectivity index (χ4v) is 4.12. The molecule has 1 aliphatic carbocycles. The molecule has 1 aliphatic rings. The highest BCUT2D eigenvalue weighted by atomic mass is 32.1. The first kappa shape index (κ1) is 18.8. The highest BCUT2D eigenvalue weighted by Crippen LogP contribution is 2.41. The molecule has 0 aliphatic heterocycles. The Morgan fingerprint density at radius 1 is 1.50 bits per heavy atom. The summed E-state index contributed by atoms with van der Waals surface area (Å²) in [5.41, 5.74) is 3.35. The van der Waals surface area contributed by atoms with Crippen LogP contribution in [0.3, 0.4) is 0 Å². The summed E-state index contributed by atoms with van der Waals surface area (Å²) in [4.78, 5) is 17.8. The molecule has 140 valence electrons. The molecule has 0 saturated heterocycles. The van der Waals surface area contributed by atoms with Gasteiger partial charge in [-0.3, -0.25) is 4.79 Å². The third-order valence-corrected chi connectivity index (χ3v) is 5.88. The Bertz CT molecular complexity index is 774. The van der Waals surface area contributed by atoms with Gasteiger partial charge in [-0.1, -0.05) is 0 Å². The molecule has 0 radical (unpaired) electrons. The lowest BCUT2D eigenvalue weighted by molar-refractivity contribution is -0.123. The first-order valence-electron chi connectivity index (χ1n) is 8.67. The predicted octanol–water partition coefficient (Wildman–Crippen LogP) is 3.16. The molecule has 1 amide bonds. The Hall–Kier alpha value is -1.99. The number of carbonyl (C=O) groups is 1. The van der Waals surface area contributed by atoms with E-state index < -0.39 is 0 Å². The number of nitrogens with zero attached hydrogens (tertiary/aromatic N) is 1. The SMILES string of the molecule is COc1ccc(F)cc1[C@H](NC(=O)CCc1scnc1C)C1CC(O)C1. The van der Waals surface area contributed by atoms with Gasteiger partial charge in [-0.05, 0) is 50.3 Å². The van der Waals surface area contributed by atoms with Crippen molar-refractivity contribution in [1.82, 2.24) is 10.3 Å². The van der Waals surface area contributed by atoms with Crippen LogP contribution < -0.4 is 10.1 Å². The van der Waals surface area contributed by atoms with Gasteiger partial charge >= 0.3 is 0 Å². The lowest BCUT2D eigenvalue weighted by Gasteiger charge is -2.38. The summed E-state index contributed by atoms with van der Waals surface area (Å²) >= 11 is 1.54. The number of aromatic nitrogens is 1. The number of carbonyl (C=O) groups excluding carboxylic acids is 1. The minimum atomic E-state index is -0.376. The van der Waals surface area contributed by atoms with Crippen molar-refractivity contribution in [1.29, 1.82) is 0 Å². The number of hydrogen-bond acceptors (Lipinski definition) is 5. The fraction of sp³-hybridized carbons (Fsp3) is 0.474. The molecule has 1 atom stereocenters. The lowest BCUT2D eigenvalue weighted by atomic mass is 9.74. The molecule has 0 unspecified atom stereocenters. The first-order valence-corrected chi connectivity index (χ1v) is 9.55. The van der Waals surface area contributed by atoms with Crippen molar-refractivity contribution in [2.45, 2.75) is 44.8 Å². The molecule has 1 fully saturated rings. The number of nitrogens with one attached hydrogen (secondary N) is 1. The molecular weight excluding hydrogens is 355 g/mol. The van der Waals surface area contributed by atoms with Gasteiger partial charge in [0.1, 0.15) is 11.6 Å². The molecule has 3 rings (SSSR count). The molecule has 1 heterocycles. The maximum absolute atomic E-state index is 13.8. The van der Waals surface area contributed by atoms with E-state index >= 15 is 0 Å². The van der Waals surface area contributed by atoms with Gasteiger partial charge in [0.15, 0.2) is 0 Å². The number of methoxy groups -OCH3 is 1. The molecule has 1 saturated carbocycles. The van der Waals surface area contributed by atoms with Crippen LogP contribution in [0.25, 0.3) is 0 Å². The van der Waals surface area contributed by atoms with Crippen molar-refractivity contribution >= 4 is 17.2 Å². The zero-order valence-electron chi connectivity index (χ0n) is 14.9. The second kappa shape index (κ2) is 8.14. The van der Waals surface area contributed by atoms with Crippen LogP contribution in [0.4, 0.5) is 4.39 Å². The van der Waals surface area contributed by atoms with Gasteiger partial charge in [-0.25, -0.2) is 9.37 Å². The summed E-state index contributed by atoms with van der Waals surface area (Å²) in [5, 5.41) is 12.7. The number of thiazole rings is 1. The van der Waals surface area contributed by atoms with E-state index in [1.54, 1.807) is 22.9 Å². The smallest absolute Gasteiger partial charge is 0.220 e. The number of benzene rings is 1. The fourth-order valence-electron chi connectivity index (χ4n) is 3.34. The molecule has 0 bridgehead atoms. The number of halogens is 1. The number of ether oxygens (including phenoxy) is 1. The van der Waals surface area contributed by atoms with Crippen molar-refractivity contribution < 1.29 is 19.0 Å². The Labute approximate surface area is 156 Å². The third kappa shape index (κ3) is 4.22. The van der Waals surface area contributed by atoms with Crippen LogP contribution >= 0.6 is 11.3 Å². The van der Waals surface area contributed by atoms with Crippen LogP contribution in [0.2, 0.25) is 0 Å². The van der Waals surface area contributed by atoms with Crippen LogP contribution in [0.1, 0.15) is 41.4 Å². The van der Waals surface area contributed by atoms with E-state index in [4.69, 9.17) is 4.74 Å². The van der Waals surface area contributed by atoms with Gasteiger partial charge in [0.05, 0.1) is 30.5 Å². The van der Waals surface area contributed by atoms with Crippen molar-refractivity contribution in [2.75, 3.05) is 7.11 Å². The predicted molar refractivity (Wildman–Crippen MR) is 97.7 cm³/mol. The highest BCUT2D eigenvalue weighted by molar-refractivity contribution is 7.09. The largest absolute Gasteiger partial charge is 0.496 e. The average Bonchev–Trinajstić information content (AvgIpc) is 3.00. The van der Waals surface area contributed by atoms with Crippen LogP contribution in [-0.4, -0.2) is 29.2 Å². The van der Waals surface area contributed by atoms with Crippen molar-refractivity contribution in [3.05, 3.63) is 45.7 Å². The van der Waals surface area contributed by atoms with E-state index in [-0.39, 0.29) is 29.8 Å². The van der Waals surface area contributed by atoms with Crippen LogP contribution in [0.15, 0.2) is 23.7 Å². The Balaban J connectivity index is 1.73. The monoisotopic (exact) mass is 378 g/mol. The van der Waals surface area contributed by atoms with Crippen molar-refractivity contribution in [3.63, 3.8) is 0 Å². The Morgan fingerprint density at radius 2 is 2.27 bits per heavy atom. The van der Waals surface area contributed by atoms with E-state index in [0.29, 0.717) is 37.0 Å². The molecule has 2 N–H and O–H groups in total. The zero-order chi connectivity index (χ0) is 18.7. The van der Waals surface area contributed by atoms with Gasteiger partial charge in [0, 0.05) is 16.9 Å². The molecule has 1 aromatic carbocycles. The van der Waals surface area contributed by atoms with E-state index in [0.717, 1.165) is 10.6 Å². The second-order valence-electron chi connectivity index (χ2n) is 6.68. The molecule has 26 heavy (non-hydrogen) atoms. The normalized spacial score (nSPS) is 20.3.